The van der Waals surface area contributed by atoms with E-state index in [1.807, 2.05) is 0 Å². The van der Waals surface area contributed by atoms with Crippen molar-refractivity contribution >= 4 is 25.7 Å². The molecule has 0 fully saturated rings. The summed E-state index contributed by atoms with van der Waals surface area (Å²) < 4.78 is 22.7. The highest BCUT2D eigenvalue weighted by Gasteiger charge is 2.24. The van der Waals surface area contributed by atoms with E-state index in [0.717, 1.165) is 10.9 Å². The summed E-state index contributed by atoms with van der Waals surface area (Å²) in [6.07, 6.45) is 1.03. The van der Waals surface area contributed by atoms with Crippen LogP contribution in [-0.2, 0) is 16.1 Å². The van der Waals surface area contributed by atoms with Gasteiger partial charge >= 0.3 is 5.97 Å². The van der Waals surface area contributed by atoms with Crippen molar-refractivity contribution in [3.05, 3.63) is 11.9 Å². The minimum Gasteiger partial charge on any atom is -0.476 e. The number of nitrogens with zero attached hydrogens (tertiary/aromatic N) is 2. The molecule has 0 unspecified atom stereocenters. The quantitative estimate of drug-likeness (QED) is 0.717. The molecule has 8 heteroatoms. The Morgan fingerprint density at radius 2 is 2.23 bits per heavy atom. The summed E-state index contributed by atoms with van der Waals surface area (Å²) in [5.74, 6) is -1.43. The van der Waals surface area contributed by atoms with Crippen LogP contribution in [0.5, 0.6) is 0 Å². The first-order valence-corrected chi connectivity index (χ1v) is 5.35. The van der Waals surface area contributed by atoms with Gasteiger partial charge in [-0.15, -0.1) is 0 Å². The zero-order chi connectivity index (χ0) is 10.2. The fourth-order valence-electron chi connectivity index (χ4n) is 0.793. The van der Waals surface area contributed by atoms with Gasteiger partial charge in [-0.1, -0.05) is 0 Å². The van der Waals surface area contributed by atoms with Crippen molar-refractivity contribution in [1.82, 2.24) is 9.78 Å². The number of carboxylic acid groups (broad SMARTS) is 1. The van der Waals surface area contributed by atoms with E-state index < -0.39 is 25.6 Å². The first kappa shape index (κ1) is 10.0. The van der Waals surface area contributed by atoms with Crippen molar-refractivity contribution in [3.8, 4) is 0 Å². The number of hydrogen-bond acceptors (Lipinski definition) is 4. The Morgan fingerprint density at radius 1 is 1.69 bits per heavy atom. The molecule has 0 spiro atoms. The van der Waals surface area contributed by atoms with Gasteiger partial charge in [-0.05, 0) is 0 Å². The monoisotopic (exact) mass is 224 g/mol. The Hall–Kier alpha value is -1.08. The fraction of sp³-hybridized carbons (Fsp3) is 0.200. The highest BCUT2D eigenvalue weighted by molar-refractivity contribution is 8.13. The fourth-order valence-corrected chi connectivity index (χ4v) is 1.77. The zero-order valence-corrected chi connectivity index (χ0v) is 8.00. The number of aromatic nitrogens is 2. The predicted octanol–water partition coefficient (Wildman–Crippen LogP) is 0.0458. The molecule has 0 aliphatic heterocycles. The maximum atomic E-state index is 10.8. The van der Waals surface area contributed by atoms with Crippen LogP contribution in [0.15, 0.2) is 11.1 Å². The smallest absolute Gasteiger partial charge is 0.357 e. The van der Waals surface area contributed by atoms with Crippen LogP contribution in [0.1, 0.15) is 10.5 Å². The topological polar surface area (TPSA) is 89.3 Å². The first-order chi connectivity index (χ1) is 5.82. The summed E-state index contributed by atoms with van der Waals surface area (Å²) in [5.41, 5.74) is -0.572. The lowest BCUT2D eigenvalue weighted by Crippen LogP contribution is -2.03. The minimum absolute atomic E-state index is 0.496. The average Bonchev–Trinajstić information content (AvgIpc) is 2.29. The van der Waals surface area contributed by atoms with Gasteiger partial charge in [0.05, 0.1) is 0 Å². The minimum atomic E-state index is -4.05. The number of carbonyl (C=O) groups is 1. The van der Waals surface area contributed by atoms with Gasteiger partial charge in [-0.2, -0.15) is 5.10 Å². The van der Waals surface area contributed by atoms with Gasteiger partial charge in [0.2, 0.25) is 0 Å². The molecule has 1 rings (SSSR count). The predicted molar refractivity (Wildman–Crippen MR) is 43.2 cm³/mol. The zero-order valence-electron chi connectivity index (χ0n) is 6.43. The molecular formula is C5H5ClN2O4S. The van der Waals surface area contributed by atoms with Gasteiger partial charge in [0.25, 0.3) is 9.05 Å². The summed E-state index contributed by atoms with van der Waals surface area (Å²) in [4.78, 5) is 9.99. The molecule has 1 aromatic heterocycles. The Morgan fingerprint density at radius 3 is 2.54 bits per heavy atom. The average molecular weight is 225 g/mol. The van der Waals surface area contributed by atoms with Crippen LogP contribution in [0, 0.1) is 0 Å². The lowest BCUT2D eigenvalue weighted by Gasteiger charge is -1.90. The van der Waals surface area contributed by atoms with Gasteiger partial charge in [0.15, 0.2) is 5.69 Å². The Balaban J connectivity index is 3.46. The number of rotatable bonds is 2. The van der Waals surface area contributed by atoms with Crippen molar-refractivity contribution in [2.75, 3.05) is 0 Å². The van der Waals surface area contributed by atoms with Crippen LogP contribution < -0.4 is 0 Å². The number of carboxylic acids is 1. The third kappa shape index (κ3) is 1.99. The van der Waals surface area contributed by atoms with Gasteiger partial charge in [0, 0.05) is 23.9 Å². The molecule has 1 heterocycles. The third-order valence-electron chi connectivity index (χ3n) is 1.26. The molecular weight excluding hydrogens is 220 g/mol. The Bertz CT molecular complexity index is 449. The Labute approximate surface area is 78.2 Å². The normalized spacial score (nSPS) is 11.5. The van der Waals surface area contributed by atoms with Crippen molar-refractivity contribution in [3.63, 3.8) is 0 Å². The third-order valence-corrected chi connectivity index (χ3v) is 2.58. The summed E-state index contributed by atoms with van der Waals surface area (Å²) in [7, 11) is 2.33. The van der Waals surface area contributed by atoms with Gasteiger partial charge in [0.1, 0.15) is 4.90 Å². The van der Waals surface area contributed by atoms with E-state index in [4.69, 9.17) is 15.8 Å². The van der Waals surface area contributed by atoms with Crippen molar-refractivity contribution in [1.29, 1.82) is 0 Å². The highest BCUT2D eigenvalue weighted by Crippen LogP contribution is 2.18. The van der Waals surface area contributed by atoms with Crippen molar-refractivity contribution in [2.24, 2.45) is 7.05 Å². The lowest BCUT2D eigenvalue weighted by molar-refractivity contribution is 0.0685. The second kappa shape index (κ2) is 3.00. The van der Waals surface area contributed by atoms with Gasteiger partial charge in [-0.3, -0.25) is 4.68 Å². The molecule has 1 N–H and O–H groups in total. The molecule has 72 valence electrons. The van der Waals surface area contributed by atoms with E-state index in [9.17, 15) is 13.2 Å². The van der Waals surface area contributed by atoms with E-state index in [-0.39, 0.29) is 0 Å². The molecule has 0 aromatic carbocycles. The van der Waals surface area contributed by atoms with Crippen LogP contribution >= 0.6 is 10.7 Å². The van der Waals surface area contributed by atoms with Crippen LogP contribution in [-0.4, -0.2) is 29.3 Å². The van der Waals surface area contributed by atoms with E-state index in [0.29, 0.717) is 0 Å². The molecule has 6 nitrogen and oxygen atoms in total. The lowest BCUT2D eigenvalue weighted by atomic mass is 10.4. The van der Waals surface area contributed by atoms with Crippen molar-refractivity contribution < 1.29 is 18.3 Å². The van der Waals surface area contributed by atoms with Gasteiger partial charge < -0.3 is 5.11 Å². The molecule has 0 amide bonds. The number of aryl methyl sites for hydroxylation is 1. The molecule has 0 radical (unpaired) electrons. The molecule has 0 saturated carbocycles. The van der Waals surface area contributed by atoms with Crippen LogP contribution in [0.3, 0.4) is 0 Å². The number of hydrogen-bond donors (Lipinski definition) is 1. The first-order valence-electron chi connectivity index (χ1n) is 3.04. The molecule has 0 saturated heterocycles. The molecule has 1 aromatic rings. The molecule has 0 atom stereocenters. The Kier molecular flexibility index (Phi) is 2.31. The second-order valence-corrected chi connectivity index (χ2v) is 4.79. The summed E-state index contributed by atoms with van der Waals surface area (Å²) >= 11 is 0. The second-order valence-electron chi connectivity index (χ2n) is 2.26. The standard InChI is InChI=1S/C5H5ClN2O4S/c1-8-2-3(13(6,11)12)4(7-8)5(9)10/h2H,1H3,(H,9,10). The maximum absolute atomic E-state index is 10.8. The van der Waals surface area contributed by atoms with E-state index in [1.165, 1.54) is 7.05 Å². The molecule has 13 heavy (non-hydrogen) atoms. The summed E-state index contributed by atoms with van der Waals surface area (Å²) in [5, 5.41) is 12.0. The summed E-state index contributed by atoms with van der Waals surface area (Å²) in [6, 6.07) is 0. The maximum Gasteiger partial charge on any atom is 0.357 e. The number of halogens is 1. The van der Waals surface area contributed by atoms with E-state index >= 15 is 0 Å². The van der Waals surface area contributed by atoms with Crippen LogP contribution in [0.4, 0.5) is 0 Å². The van der Waals surface area contributed by atoms with Gasteiger partial charge in [-0.25, -0.2) is 13.2 Å². The largest absolute Gasteiger partial charge is 0.476 e. The van der Waals surface area contributed by atoms with Crippen molar-refractivity contribution in [2.45, 2.75) is 4.90 Å². The molecule has 0 bridgehead atoms. The molecule has 0 aliphatic rings. The van der Waals surface area contributed by atoms with E-state index in [2.05, 4.69) is 5.10 Å². The highest BCUT2D eigenvalue weighted by atomic mass is 35.7. The van der Waals surface area contributed by atoms with Crippen LogP contribution in [0.2, 0.25) is 0 Å². The summed E-state index contributed by atoms with van der Waals surface area (Å²) in [6.45, 7) is 0. The van der Waals surface area contributed by atoms with Crippen LogP contribution in [0.25, 0.3) is 0 Å². The molecule has 0 aliphatic carbocycles. The van der Waals surface area contributed by atoms with E-state index in [1.54, 1.807) is 0 Å². The number of aromatic carboxylic acids is 1. The SMILES string of the molecule is Cn1cc(S(=O)(=O)Cl)c(C(=O)O)n1.